The van der Waals surface area contributed by atoms with Crippen molar-refractivity contribution >= 4 is 29.2 Å². The Morgan fingerprint density at radius 2 is 2.30 bits per heavy atom. The highest BCUT2D eigenvalue weighted by Crippen LogP contribution is 2.37. The number of hydrogen-bond acceptors (Lipinski definition) is 5. The monoisotopic (exact) mass is 329 g/mol. The molecule has 1 unspecified atom stereocenters. The molecule has 2 aliphatic heterocycles. The molecule has 0 aromatic heterocycles. The largest absolute Gasteiger partial charge is 0.393 e. The number of amides is 2. The van der Waals surface area contributed by atoms with E-state index >= 15 is 0 Å². The number of aliphatic hydroxyl groups is 2. The highest BCUT2D eigenvalue weighted by molar-refractivity contribution is 6.22. The summed E-state index contributed by atoms with van der Waals surface area (Å²) in [6.07, 6.45) is -2.90. The van der Waals surface area contributed by atoms with Crippen LogP contribution in [0.4, 0.5) is 9.18 Å². The van der Waals surface area contributed by atoms with Gasteiger partial charge in [0.2, 0.25) is 0 Å². The quantitative estimate of drug-likeness (QED) is 0.517. The molecule has 0 aromatic carbocycles. The minimum absolute atomic E-state index is 0.244. The summed E-state index contributed by atoms with van der Waals surface area (Å²) in [6.45, 7) is -0.599. The molecular formula is C10H14Cl2FN3O4. The van der Waals surface area contributed by atoms with Crippen molar-refractivity contribution in [2.45, 2.75) is 29.5 Å². The molecule has 2 amide bonds. The van der Waals surface area contributed by atoms with Crippen molar-refractivity contribution in [1.29, 1.82) is 0 Å². The molecule has 0 aromatic rings. The van der Waals surface area contributed by atoms with Crippen LogP contribution in [0.5, 0.6) is 0 Å². The standard InChI is InChI=1S/C10H14Cl2FN3O4/c11-2-10(3-17)6(18)5(12)8(20-10)16-1-4(13)7(14)15-9(16)19/h1,5-8,17-18H,2-3,14H2,(H,15,19)/t5-,6+,7?,8-,10-/m1/s1. The molecule has 20 heavy (non-hydrogen) atoms. The summed E-state index contributed by atoms with van der Waals surface area (Å²) in [4.78, 5) is 12.6. The molecule has 10 heteroatoms. The van der Waals surface area contributed by atoms with E-state index in [1.165, 1.54) is 0 Å². The van der Waals surface area contributed by atoms with E-state index in [1.54, 1.807) is 0 Å². The maximum Gasteiger partial charge on any atom is 0.325 e. The Balaban J connectivity index is 2.28. The normalized spacial score (nSPS) is 41.6. The third-order valence-corrected chi connectivity index (χ3v) is 4.22. The molecule has 0 spiro atoms. The minimum Gasteiger partial charge on any atom is -0.393 e. The number of rotatable bonds is 3. The van der Waals surface area contributed by atoms with Crippen molar-refractivity contribution < 1.29 is 24.1 Å². The predicted octanol–water partition coefficient (Wildman–Crippen LogP) is -0.598. The van der Waals surface area contributed by atoms with E-state index in [0.717, 1.165) is 11.1 Å². The van der Waals surface area contributed by atoms with Gasteiger partial charge < -0.3 is 26.0 Å². The zero-order valence-electron chi connectivity index (χ0n) is 10.2. The second-order valence-corrected chi connectivity index (χ2v) is 5.37. The lowest BCUT2D eigenvalue weighted by Gasteiger charge is -2.33. The molecule has 7 nitrogen and oxygen atoms in total. The van der Waals surface area contributed by atoms with Crippen molar-refractivity contribution in [3.63, 3.8) is 0 Å². The van der Waals surface area contributed by atoms with Gasteiger partial charge in [-0.15, -0.1) is 23.2 Å². The number of hydrogen-bond donors (Lipinski definition) is 4. The summed E-state index contributed by atoms with van der Waals surface area (Å²) in [7, 11) is 0. The van der Waals surface area contributed by atoms with Crippen LogP contribution in [0.1, 0.15) is 0 Å². The first kappa shape index (κ1) is 15.7. The van der Waals surface area contributed by atoms with Gasteiger partial charge >= 0.3 is 6.03 Å². The second kappa shape index (κ2) is 5.63. The summed E-state index contributed by atoms with van der Waals surface area (Å²) in [5.41, 5.74) is 3.80. The number of aliphatic hydroxyl groups excluding tert-OH is 2. The summed E-state index contributed by atoms with van der Waals surface area (Å²) in [6, 6.07) is -0.731. The Morgan fingerprint density at radius 1 is 1.65 bits per heavy atom. The number of urea groups is 1. The number of nitrogens with one attached hydrogen (secondary N) is 1. The Bertz CT molecular complexity index is 435. The molecule has 114 valence electrons. The van der Waals surface area contributed by atoms with Crippen LogP contribution in [-0.4, -0.2) is 63.1 Å². The number of nitrogens with two attached hydrogens (primary N) is 1. The van der Waals surface area contributed by atoms with Gasteiger partial charge in [-0.1, -0.05) is 0 Å². The van der Waals surface area contributed by atoms with Crippen LogP contribution >= 0.6 is 23.2 Å². The van der Waals surface area contributed by atoms with Gasteiger partial charge in [0, 0.05) is 6.20 Å². The first-order chi connectivity index (χ1) is 9.36. The molecule has 2 aliphatic rings. The average Bonchev–Trinajstić information content (AvgIpc) is 2.68. The maximum absolute atomic E-state index is 13.5. The van der Waals surface area contributed by atoms with Gasteiger partial charge in [0.05, 0.1) is 12.5 Å². The zero-order chi connectivity index (χ0) is 15.1. The Hall–Kier alpha value is -0.640. The second-order valence-electron chi connectivity index (χ2n) is 4.60. The fraction of sp³-hybridized carbons (Fsp3) is 0.700. The van der Waals surface area contributed by atoms with Crippen molar-refractivity contribution in [1.82, 2.24) is 10.2 Å². The van der Waals surface area contributed by atoms with Crippen molar-refractivity contribution in [3.05, 3.63) is 12.0 Å². The zero-order valence-corrected chi connectivity index (χ0v) is 11.7. The molecule has 1 saturated heterocycles. The van der Waals surface area contributed by atoms with Crippen LogP contribution in [0.3, 0.4) is 0 Å². The molecule has 0 bridgehead atoms. The highest BCUT2D eigenvalue weighted by Gasteiger charge is 2.56. The van der Waals surface area contributed by atoms with Crippen LogP contribution in [0, 0.1) is 0 Å². The number of carbonyl (C=O) groups excluding carboxylic acids is 1. The van der Waals surface area contributed by atoms with Gasteiger partial charge in [-0.05, 0) is 0 Å². The summed E-state index contributed by atoms with van der Waals surface area (Å²) < 4.78 is 18.9. The van der Waals surface area contributed by atoms with Crippen LogP contribution in [0.15, 0.2) is 12.0 Å². The number of alkyl halides is 2. The fourth-order valence-corrected chi connectivity index (χ4v) is 2.76. The molecule has 2 heterocycles. The maximum atomic E-state index is 13.5. The highest BCUT2D eigenvalue weighted by atomic mass is 35.5. The van der Waals surface area contributed by atoms with E-state index in [4.69, 9.17) is 33.7 Å². The van der Waals surface area contributed by atoms with Crippen LogP contribution in [0.2, 0.25) is 0 Å². The van der Waals surface area contributed by atoms with Crippen molar-refractivity contribution in [3.8, 4) is 0 Å². The van der Waals surface area contributed by atoms with Gasteiger partial charge in [-0.2, -0.15) is 0 Å². The molecule has 2 rings (SSSR count). The molecule has 0 saturated carbocycles. The van der Waals surface area contributed by atoms with Crippen LogP contribution < -0.4 is 11.1 Å². The molecule has 0 radical (unpaired) electrons. The van der Waals surface area contributed by atoms with E-state index in [1.807, 2.05) is 0 Å². The van der Waals surface area contributed by atoms with E-state index in [9.17, 15) is 19.4 Å². The Labute approximate surface area is 124 Å². The molecular weight excluding hydrogens is 316 g/mol. The Kier molecular flexibility index (Phi) is 4.43. The summed E-state index contributed by atoms with van der Waals surface area (Å²) in [5, 5.41) is 20.4. The fourth-order valence-electron chi connectivity index (χ4n) is 2.05. The van der Waals surface area contributed by atoms with E-state index in [0.29, 0.717) is 0 Å². The number of halogens is 3. The summed E-state index contributed by atoms with van der Waals surface area (Å²) in [5.74, 6) is -1.04. The van der Waals surface area contributed by atoms with Crippen LogP contribution in [-0.2, 0) is 4.74 Å². The van der Waals surface area contributed by atoms with Gasteiger partial charge in [0.15, 0.2) is 12.1 Å². The van der Waals surface area contributed by atoms with Crippen molar-refractivity contribution in [2.24, 2.45) is 5.73 Å². The number of carbonyl (C=O) groups is 1. The smallest absolute Gasteiger partial charge is 0.325 e. The SMILES string of the molecule is NC1NC(=O)N([C@@H]2O[C@@](CO)(CCl)[C@@H](O)[C@H]2Cl)C=C1F. The molecule has 5 N–H and O–H groups in total. The lowest BCUT2D eigenvalue weighted by atomic mass is 10.00. The van der Waals surface area contributed by atoms with E-state index in [-0.39, 0.29) is 5.88 Å². The topological polar surface area (TPSA) is 108 Å². The first-order valence-electron chi connectivity index (χ1n) is 5.74. The first-order valence-corrected chi connectivity index (χ1v) is 6.72. The van der Waals surface area contributed by atoms with Crippen molar-refractivity contribution in [2.75, 3.05) is 12.5 Å². The number of nitrogens with zero attached hydrogens (tertiary/aromatic N) is 1. The van der Waals surface area contributed by atoms with E-state index in [2.05, 4.69) is 5.32 Å². The van der Waals surface area contributed by atoms with Gasteiger partial charge in [0.25, 0.3) is 0 Å². The van der Waals surface area contributed by atoms with E-state index < -0.39 is 47.9 Å². The molecule has 0 aliphatic carbocycles. The molecule has 5 atom stereocenters. The average molecular weight is 330 g/mol. The lowest BCUT2D eigenvalue weighted by molar-refractivity contribution is -0.118. The Morgan fingerprint density at radius 3 is 2.80 bits per heavy atom. The molecule has 1 fully saturated rings. The third-order valence-electron chi connectivity index (χ3n) is 3.31. The van der Waals surface area contributed by atoms with Crippen LogP contribution in [0.25, 0.3) is 0 Å². The minimum atomic E-state index is -1.51. The van der Waals surface area contributed by atoms with Gasteiger partial charge in [0.1, 0.15) is 23.2 Å². The number of ether oxygens (including phenoxy) is 1. The summed E-state index contributed by atoms with van der Waals surface area (Å²) >= 11 is 11.7. The van der Waals surface area contributed by atoms with Gasteiger partial charge in [-0.25, -0.2) is 9.18 Å². The lowest BCUT2D eigenvalue weighted by Crippen LogP contribution is -2.55. The third kappa shape index (κ3) is 2.36. The van der Waals surface area contributed by atoms with Gasteiger partial charge in [-0.3, -0.25) is 4.90 Å². The predicted molar refractivity (Wildman–Crippen MR) is 68.6 cm³/mol.